The van der Waals surface area contributed by atoms with Gasteiger partial charge in [0.15, 0.2) is 6.04 Å². The Kier molecular flexibility index (Phi) is 0.703. The predicted octanol–water partition coefficient (Wildman–Crippen LogP) is -2.03. The quantitative estimate of drug-likeness (QED) is 0.172. The van der Waals surface area contributed by atoms with Gasteiger partial charge < -0.3 is 0 Å². The van der Waals surface area contributed by atoms with Crippen LogP contribution in [0.3, 0.4) is 0 Å². The number of rotatable bonds is 1. The first-order valence-corrected chi connectivity index (χ1v) is 1.81. The smallest absolute Gasteiger partial charge is 0.226 e. The highest BCUT2D eigenvalue weighted by molar-refractivity contribution is 6.63. The molecular weight excluding hydrogens is 96.0 g/mol. The zero-order chi connectivity index (χ0) is 5.44. The lowest BCUT2D eigenvalue weighted by Crippen LogP contribution is -2.26. The van der Waals surface area contributed by atoms with E-state index in [9.17, 15) is 9.59 Å². The van der Waals surface area contributed by atoms with E-state index in [4.69, 9.17) is 5.84 Å². The Morgan fingerprint density at radius 2 is 1.86 bits per heavy atom. The molecule has 1 fully saturated rings. The van der Waals surface area contributed by atoms with Crippen LogP contribution in [-0.4, -0.2) is 17.6 Å². The normalized spacial score (nSPS) is 20.7. The Morgan fingerprint density at radius 1 is 1.43 bits per heavy atom. The van der Waals surface area contributed by atoms with Crippen molar-refractivity contribution in [1.29, 1.82) is 0 Å². The number of nitrogens with one attached hydrogen (secondary N) is 1. The van der Waals surface area contributed by atoms with Crippen LogP contribution in [0.1, 0.15) is 0 Å². The van der Waals surface area contributed by atoms with Crippen LogP contribution < -0.4 is 11.3 Å². The van der Waals surface area contributed by atoms with Crippen LogP contribution in [0.4, 0.5) is 0 Å². The van der Waals surface area contributed by atoms with Gasteiger partial charge in [0.2, 0.25) is 11.6 Å². The Bertz CT molecular complexity index is 117. The molecule has 0 radical (unpaired) electrons. The van der Waals surface area contributed by atoms with Crippen molar-refractivity contribution in [2.45, 2.75) is 6.04 Å². The highest BCUT2D eigenvalue weighted by Gasteiger charge is 2.47. The summed E-state index contributed by atoms with van der Waals surface area (Å²) in [7, 11) is 0. The van der Waals surface area contributed by atoms with Crippen LogP contribution in [0, 0.1) is 0 Å². The van der Waals surface area contributed by atoms with Crippen molar-refractivity contribution >= 4 is 11.6 Å². The largest absolute Gasteiger partial charge is 0.288 e. The molecule has 38 valence electrons. The molecular formula is C3H4N2O2. The van der Waals surface area contributed by atoms with Crippen molar-refractivity contribution in [2.24, 2.45) is 5.84 Å². The molecule has 3 N–H and O–H groups in total. The van der Waals surface area contributed by atoms with E-state index in [1.807, 2.05) is 5.43 Å². The van der Waals surface area contributed by atoms with Crippen molar-refractivity contribution in [1.82, 2.24) is 5.43 Å². The Labute approximate surface area is 39.6 Å². The third kappa shape index (κ3) is 0.441. The summed E-state index contributed by atoms with van der Waals surface area (Å²) in [5, 5.41) is 0. The second kappa shape index (κ2) is 1.11. The molecule has 0 unspecified atom stereocenters. The number of Topliss-reactive ketones (excluding diaryl/α,β-unsaturated/α-hetero) is 2. The van der Waals surface area contributed by atoms with Crippen LogP contribution in [0.15, 0.2) is 0 Å². The van der Waals surface area contributed by atoms with Crippen molar-refractivity contribution in [2.75, 3.05) is 0 Å². The zero-order valence-corrected chi connectivity index (χ0v) is 3.47. The molecule has 0 aromatic rings. The van der Waals surface area contributed by atoms with E-state index in [1.54, 1.807) is 0 Å². The molecule has 1 aliphatic rings. The number of ketones is 2. The average molecular weight is 100 g/mol. The van der Waals surface area contributed by atoms with Gasteiger partial charge in [0.1, 0.15) is 0 Å². The summed E-state index contributed by atoms with van der Waals surface area (Å²) >= 11 is 0. The monoisotopic (exact) mass is 100 g/mol. The number of nitrogens with two attached hydrogens (primary N) is 1. The summed E-state index contributed by atoms with van der Waals surface area (Å²) in [4.78, 5) is 19.9. The maximum Gasteiger partial charge on any atom is 0.226 e. The molecule has 1 aliphatic carbocycles. The molecule has 0 spiro atoms. The van der Waals surface area contributed by atoms with E-state index in [1.165, 1.54) is 0 Å². The summed E-state index contributed by atoms with van der Waals surface area (Å²) < 4.78 is 0. The topological polar surface area (TPSA) is 72.2 Å². The number of hydrazine groups is 1. The van der Waals surface area contributed by atoms with Gasteiger partial charge in [-0.2, -0.15) is 0 Å². The van der Waals surface area contributed by atoms with Crippen LogP contribution in [0.5, 0.6) is 0 Å². The lowest BCUT2D eigenvalue weighted by atomic mass is 10.7. The van der Waals surface area contributed by atoms with Gasteiger partial charge in [0, 0.05) is 0 Å². The Hall–Kier alpha value is -0.740. The molecule has 0 heterocycles. The van der Waals surface area contributed by atoms with Crippen LogP contribution >= 0.6 is 0 Å². The number of hydrogen-bond donors (Lipinski definition) is 2. The summed E-state index contributed by atoms with van der Waals surface area (Å²) in [5.74, 6) is 3.89. The van der Waals surface area contributed by atoms with E-state index < -0.39 is 17.6 Å². The van der Waals surface area contributed by atoms with E-state index >= 15 is 0 Å². The summed E-state index contributed by atoms with van der Waals surface area (Å²) in [6.07, 6.45) is 0. The Morgan fingerprint density at radius 3 is 1.86 bits per heavy atom. The predicted molar refractivity (Wildman–Crippen MR) is 21.1 cm³/mol. The van der Waals surface area contributed by atoms with Gasteiger partial charge in [-0.3, -0.25) is 15.4 Å². The second-order valence-electron chi connectivity index (χ2n) is 1.33. The lowest BCUT2D eigenvalue weighted by molar-refractivity contribution is -0.122. The molecule has 0 aromatic carbocycles. The van der Waals surface area contributed by atoms with Gasteiger partial charge in [0.05, 0.1) is 0 Å². The second-order valence-corrected chi connectivity index (χ2v) is 1.33. The first-order valence-electron chi connectivity index (χ1n) is 1.81. The molecule has 1 saturated carbocycles. The molecule has 1 rings (SSSR count). The minimum atomic E-state index is -0.681. The maximum absolute atomic E-state index is 9.96. The van der Waals surface area contributed by atoms with E-state index in [0.717, 1.165) is 0 Å². The minimum absolute atomic E-state index is 0.414. The molecule has 4 nitrogen and oxygen atoms in total. The lowest BCUT2D eigenvalue weighted by Gasteiger charge is -1.77. The molecule has 0 saturated heterocycles. The van der Waals surface area contributed by atoms with Gasteiger partial charge in [0.25, 0.3) is 0 Å². The molecule has 0 aliphatic heterocycles. The summed E-state index contributed by atoms with van der Waals surface area (Å²) in [6.45, 7) is 0. The molecule has 0 amide bonds. The third-order valence-corrected chi connectivity index (χ3v) is 0.851. The van der Waals surface area contributed by atoms with Crippen molar-refractivity contribution < 1.29 is 9.59 Å². The van der Waals surface area contributed by atoms with E-state index in [2.05, 4.69) is 0 Å². The highest BCUT2D eigenvalue weighted by atomic mass is 16.2. The van der Waals surface area contributed by atoms with Gasteiger partial charge in [-0.1, -0.05) is 0 Å². The standard InChI is InChI=1S/C3H4N2O2/c4-5-1-2(6)3(1)7/h1,5H,4H2. The third-order valence-electron chi connectivity index (χ3n) is 0.851. The van der Waals surface area contributed by atoms with Crippen molar-refractivity contribution in [3.8, 4) is 0 Å². The fourth-order valence-electron chi connectivity index (χ4n) is 0.335. The number of carbonyl (C=O) groups excluding carboxylic acids is 2. The molecule has 7 heavy (non-hydrogen) atoms. The molecule has 0 bridgehead atoms. The van der Waals surface area contributed by atoms with Crippen LogP contribution in [-0.2, 0) is 9.59 Å². The first-order chi connectivity index (χ1) is 3.27. The van der Waals surface area contributed by atoms with E-state index in [0.29, 0.717) is 0 Å². The van der Waals surface area contributed by atoms with Gasteiger partial charge >= 0.3 is 0 Å². The van der Waals surface area contributed by atoms with Gasteiger partial charge in [-0.15, -0.1) is 0 Å². The van der Waals surface area contributed by atoms with Gasteiger partial charge in [-0.05, 0) is 0 Å². The SMILES string of the molecule is NNC1C(=O)C1=O. The number of carbonyl (C=O) groups is 2. The van der Waals surface area contributed by atoms with Gasteiger partial charge in [-0.25, -0.2) is 5.43 Å². The zero-order valence-electron chi connectivity index (χ0n) is 3.47. The number of hydrogen-bond acceptors (Lipinski definition) is 4. The molecule has 0 atom stereocenters. The highest BCUT2D eigenvalue weighted by Crippen LogP contribution is 2.04. The fourth-order valence-corrected chi connectivity index (χ4v) is 0.335. The molecule has 0 aromatic heterocycles. The Balaban J connectivity index is 2.54. The average Bonchev–Trinajstić information content (AvgIpc) is 2.17. The van der Waals surface area contributed by atoms with Crippen LogP contribution in [0.2, 0.25) is 0 Å². The fraction of sp³-hybridized carbons (Fsp3) is 0.333. The van der Waals surface area contributed by atoms with Crippen LogP contribution in [0.25, 0.3) is 0 Å². The molecule has 4 heteroatoms. The maximum atomic E-state index is 9.96. The summed E-state index contributed by atoms with van der Waals surface area (Å²) in [5.41, 5.74) is 2.04. The first kappa shape index (κ1) is 4.42. The summed E-state index contributed by atoms with van der Waals surface area (Å²) in [6, 6.07) is -0.681. The van der Waals surface area contributed by atoms with E-state index in [-0.39, 0.29) is 0 Å². The van der Waals surface area contributed by atoms with Crippen molar-refractivity contribution in [3.05, 3.63) is 0 Å². The minimum Gasteiger partial charge on any atom is -0.288 e. The van der Waals surface area contributed by atoms with Crippen molar-refractivity contribution in [3.63, 3.8) is 0 Å².